The number of aromatic nitrogens is 2. The Morgan fingerprint density at radius 1 is 1.47 bits per heavy atom. The maximum Gasteiger partial charge on any atom is 0.307 e. The highest BCUT2D eigenvalue weighted by Crippen LogP contribution is 2.12. The molecule has 94 valence electrons. The molecule has 6 heteroatoms. The first-order valence-electron chi connectivity index (χ1n) is 5.58. The molecule has 5 nitrogen and oxygen atoms in total. The minimum Gasteiger partial charge on any atom is -0.466 e. The van der Waals surface area contributed by atoms with Crippen molar-refractivity contribution >= 4 is 27.7 Å². The molecule has 0 unspecified atom stereocenters. The molecular formula is C11H16BrN3O2. The molecule has 1 heterocycles. The maximum absolute atomic E-state index is 11.1. The van der Waals surface area contributed by atoms with E-state index < -0.39 is 0 Å². The number of anilines is 1. The summed E-state index contributed by atoms with van der Waals surface area (Å²) in [6, 6.07) is 1.78. The van der Waals surface area contributed by atoms with Gasteiger partial charge in [0.15, 0.2) is 0 Å². The van der Waals surface area contributed by atoms with Gasteiger partial charge in [0.1, 0.15) is 16.2 Å². The van der Waals surface area contributed by atoms with Crippen molar-refractivity contribution in [3.8, 4) is 0 Å². The molecule has 0 saturated carbocycles. The summed E-state index contributed by atoms with van der Waals surface area (Å²) in [5, 5.41) is 3.07. The molecule has 0 atom stereocenters. The normalized spacial score (nSPS) is 10.1. The third kappa shape index (κ3) is 5.12. The summed E-state index contributed by atoms with van der Waals surface area (Å²) in [7, 11) is 0. The van der Waals surface area contributed by atoms with Crippen molar-refractivity contribution in [2.75, 3.05) is 18.5 Å². The third-order valence-electron chi connectivity index (χ3n) is 2.00. The molecule has 0 amide bonds. The number of nitrogens with one attached hydrogen (secondary N) is 1. The van der Waals surface area contributed by atoms with Crippen molar-refractivity contribution in [1.82, 2.24) is 9.97 Å². The van der Waals surface area contributed by atoms with Crippen molar-refractivity contribution in [3.63, 3.8) is 0 Å². The summed E-state index contributed by atoms with van der Waals surface area (Å²) < 4.78 is 5.57. The van der Waals surface area contributed by atoms with Gasteiger partial charge in [-0.2, -0.15) is 0 Å². The number of rotatable bonds is 6. The fourth-order valence-electron chi connectivity index (χ4n) is 1.24. The van der Waals surface area contributed by atoms with Crippen molar-refractivity contribution in [2.24, 2.45) is 0 Å². The Hall–Kier alpha value is -1.17. The number of aryl methyl sites for hydroxylation is 1. The molecule has 1 aromatic heterocycles. The molecule has 1 rings (SSSR count). The van der Waals surface area contributed by atoms with Crippen LogP contribution in [0.4, 0.5) is 5.82 Å². The topological polar surface area (TPSA) is 64.1 Å². The van der Waals surface area contributed by atoms with E-state index in [0.29, 0.717) is 25.4 Å². The van der Waals surface area contributed by atoms with E-state index in [0.717, 1.165) is 16.8 Å². The smallest absolute Gasteiger partial charge is 0.307 e. The minimum absolute atomic E-state index is 0.205. The second-order valence-electron chi connectivity index (χ2n) is 3.33. The SMILES string of the molecule is CCOC(=O)CCNc1cc(Br)nc(CC)n1. The highest BCUT2D eigenvalue weighted by atomic mass is 79.9. The molecule has 0 fully saturated rings. The van der Waals surface area contributed by atoms with E-state index in [9.17, 15) is 4.79 Å². The molecule has 0 aliphatic rings. The number of hydrogen-bond donors (Lipinski definition) is 1. The zero-order valence-electron chi connectivity index (χ0n) is 9.99. The van der Waals surface area contributed by atoms with Crippen molar-refractivity contribution < 1.29 is 9.53 Å². The summed E-state index contributed by atoms with van der Waals surface area (Å²) >= 11 is 3.32. The molecule has 1 aromatic rings. The molecule has 0 aliphatic heterocycles. The Kier molecular flexibility index (Phi) is 5.90. The number of esters is 1. The molecular weight excluding hydrogens is 286 g/mol. The highest BCUT2D eigenvalue weighted by Gasteiger charge is 2.03. The van der Waals surface area contributed by atoms with Gasteiger partial charge in [0.05, 0.1) is 13.0 Å². The van der Waals surface area contributed by atoms with Gasteiger partial charge in [-0.15, -0.1) is 0 Å². The number of ether oxygens (including phenoxy) is 1. The fourth-order valence-corrected chi connectivity index (χ4v) is 1.66. The van der Waals surface area contributed by atoms with E-state index >= 15 is 0 Å². The summed E-state index contributed by atoms with van der Waals surface area (Å²) in [6.07, 6.45) is 1.10. The lowest BCUT2D eigenvalue weighted by Crippen LogP contribution is -2.12. The fraction of sp³-hybridized carbons (Fsp3) is 0.545. The summed E-state index contributed by atoms with van der Waals surface area (Å²) in [4.78, 5) is 19.6. The van der Waals surface area contributed by atoms with Gasteiger partial charge < -0.3 is 10.1 Å². The summed E-state index contributed by atoms with van der Waals surface area (Å²) in [5.41, 5.74) is 0. The van der Waals surface area contributed by atoms with Gasteiger partial charge in [-0.1, -0.05) is 6.92 Å². The molecule has 17 heavy (non-hydrogen) atoms. The van der Waals surface area contributed by atoms with Crippen molar-refractivity contribution in [2.45, 2.75) is 26.7 Å². The molecule has 0 bridgehead atoms. The van der Waals surface area contributed by atoms with Crippen LogP contribution in [0.2, 0.25) is 0 Å². The lowest BCUT2D eigenvalue weighted by Gasteiger charge is -2.07. The van der Waals surface area contributed by atoms with Crippen LogP contribution in [-0.4, -0.2) is 29.1 Å². The van der Waals surface area contributed by atoms with Crippen LogP contribution in [0.1, 0.15) is 26.1 Å². The largest absolute Gasteiger partial charge is 0.466 e. The van der Waals surface area contributed by atoms with Gasteiger partial charge in [-0.05, 0) is 22.9 Å². The zero-order valence-corrected chi connectivity index (χ0v) is 11.6. The Morgan fingerprint density at radius 2 is 2.24 bits per heavy atom. The van der Waals surface area contributed by atoms with Gasteiger partial charge in [-0.3, -0.25) is 4.79 Å². The predicted octanol–water partition coefficient (Wildman–Crippen LogP) is 2.17. The molecule has 0 aliphatic carbocycles. The third-order valence-corrected chi connectivity index (χ3v) is 2.40. The predicted molar refractivity (Wildman–Crippen MR) is 68.8 cm³/mol. The second kappa shape index (κ2) is 7.21. The Morgan fingerprint density at radius 3 is 2.88 bits per heavy atom. The lowest BCUT2D eigenvalue weighted by molar-refractivity contribution is -0.142. The van der Waals surface area contributed by atoms with Crippen LogP contribution in [0.15, 0.2) is 10.7 Å². The number of carbonyl (C=O) groups is 1. The van der Waals surface area contributed by atoms with Crippen molar-refractivity contribution in [1.29, 1.82) is 0 Å². The van der Waals surface area contributed by atoms with E-state index in [-0.39, 0.29) is 5.97 Å². The van der Waals surface area contributed by atoms with Gasteiger partial charge >= 0.3 is 5.97 Å². The lowest BCUT2D eigenvalue weighted by atomic mass is 10.4. The highest BCUT2D eigenvalue weighted by molar-refractivity contribution is 9.10. The van der Waals surface area contributed by atoms with E-state index in [4.69, 9.17) is 4.74 Å². The molecule has 1 N–H and O–H groups in total. The Balaban J connectivity index is 2.46. The summed E-state index contributed by atoms with van der Waals surface area (Å²) in [5.74, 6) is 1.27. The van der Waals surface area contributed by atoms with Gasteiger partial charge in [0.25, 0.3) is 0 Å². The van der Waals surface area contributed by atoms with E-state index in [2.05, 4.69) is 31.2 Å². The van der Waals surface area contributed by atoms with Crippen LogP contribution in [0, 0.1) is 0 Å². The minimum atomic E-state index is -0.205. The average molecular weight is 302 g/mol. The number of hydrogen-bond acceptors (Lipinski definition) is 5. The van der Waals surface area contributed by atoms with Crippen LogP contribution in [-0.2, 0) is 16.0 Å². The standard InChI is InChI=1S/C11H16BrN3O2/c1-3-9-14-8(12)7-10(15-9)13-6-5-11(16)17-4-2/h7H,3-6H2,1-2H3,(H,13,14,15). The Bertz CT molecular complexity index is 385. The second-order valence-corrected chi connectivity index (χ2v) is 4.14. The summed E-state index contributed by atoms with van der Waals surface area (Å²) in [6.45, 7) is 4.70. The molecule has 0 spiro atoms. The first-order valence-corrected chi connectivity index (χ1v) is 6.38. The number of nitrogens with zero attached hydrogens (tertiary/aromatic N) is 2. The van der Waals surface area contributed by atoms with E-state index in [1.165, 1.54) is 0 Å². The molecule has 0 aromatic carbocycles. The van der Waals surface area contributed by atoms with Gasteiger partial charge in [0, 0.05) is 19.0 Å². The van der Waals surface area contributed by atoms with Crippen LogP contribution in [0.25, 0.3) is 0 Å². The zero-order chi connectivity index (χ0) is 12.7. The molecule has 0 saturated heterocycles. The average Bonchev–Trinajstić information content (AvgIpc) is 2.28. The van der Waals surface area contributed by atoms with Crippen molar-refractivity contribution in [3.05, 3.63) is 16.5 Å². The number of halogens is 1. The van der Waals surface area contributed by atoms with E-state index in [1.54, 1.807) is 13.0 Å². The van der Waals surface area contributed by atoms with Crippen LogP contribution >= 0.6 is 15.9 Å². The van der Waals surface area contributed by atoms with Gasteiger partial charge in [0.2, 0.25) is 0 Å². The Labute approximate surface area is 109 Å². The van der Waals surface area contributed by atoms with Crippen LogP contribution in [0.5, 0.6) is 0 Å². The first-order chi connectivity index (χ1) is 8.15. The maximum atomic E-state index is 11.1. The van der Waals surface area contributed by atoms with E-state index in [1.807, 2.05) is 6.92 Å². The number of carbonyl (C=O) groups excluding carboxylic acids is 1. The monoisotopic (exact) mass is 301 g/mol. The van der Waals surface area contributed by atoms with Crippen LogP contribution in [0.3, 0.4) is 0 Å². The first kappa shape index (κ1) is 13.9. The quantitative estimate of drug-likeness (QED) is 0.644. The van der Waals surface area contributed by atoms with Gasteiger partial charge in [-0.25, -0.2) is 9.97 Å². The molecule has 0 radical (unpaired) electrons. The van der Waals surface area contributed by atoms with Crippen LogP contribution < -0.4 is 5.32 Å².